The van der Waals surface area contributed by atoms with E-state index in [-0.39, 0.29) is 24.3 Å². The van der Waals surface area contributed by atoms with E-state index in [4.69, 9.17) is 9.47 Å². The molecule has 1 saturated carbocycles. The molecule has 1 spiro atoms. The molecular weight excluding hydrogens is 442 g/mol. The van der Waals surface area contributed by atoms with Crippen molar-refractivity contribution in [3.05, 3.63) is 40.6 Å². The minimum atomic E-state index is -0.884. The number of urea groups is 1. The summed E-state index contributed by atoms with van der Waals surface area (Å²) in [7, 11) is 0. The van der Waals surface area contributed by atoms with E-state index < -0.39 is 11.6 Å². The summed E-state index contributed by atoms with van der Waals surface area (Å²) in [5, 5.41) is 4.87. The summed E-state index contributed by atoms with van der Waals surface area (Å²) in [6, 6.07) is 8.75. The first-order valence-corrected chi connectivity index (χ1v) is 12.2. The van der Waals surface area contributed by atoms with Crippen molar-refractivity contribution in [1.29, 1.82) is 0 Å². The maximum absolute atomic E-state index is 13.5. The van der Waals surface area contributed by atoms with Crippen molar-refractivity contribution >= 4 is 34.9 Å². The number of imide groups is 1. The summed E-state index contributed by atoms with van der Waals surface area (Å²) in [5.41, 5.74) is -0.254. The van der Waals surface area contributed by atoms with Gasteiger partial charge in [0, 0.05) is 16.6 Å². The molecule has 2 fully saturated rings. The SMILES string of the molecule is C[C@@H]1CCCC[C@]12NC(=O)N(CC(=O)N(Cc1cccs1)c1ccc3c(c1)OCCO3)C2=O. The van der Waals surface area contributed by atoms with Crippen molar-refractivity contribution in [1.82, 2.24) is 10.2 Å². The van der Waals surface area contributed by atoms with E-state index in [2.05, 4.69) is 5.32 Å². The molecule has 8 nitrogen and oxygen atoms in total. The van der Waals surface area contributed by atoms with Crippen molar-refractivity contribution in [3.8, 4) is 11.5 Å². The van der Waals surface area contributed by atoms with E-state index in [9.17, 15) is 14.4 Å². The fourth-order valence-electron chi connectivity index (χ4n) is 4.94. The number of fused-ring (bicyclic) bond motifs is 1. The zero-order valence-corrected chi connectivity index (χ0v) is 19.4. The lowest BCUT2D eigenvalue weighted by atomic mass is 9.73. The first kappa shape index (κ1) is 21.8. The minimum absolute atomic E-state index is 0.0443. The van der Waals surface area contributed by atoms with Crippen LogP contribution in [-0.4, -0.2) is 48.0 Å². The molecule has 33 heavy (non-hydrogen) atoms. The van der Waals surface area contributed by atoms with Crippen molar-refractivity contribution in [2.24, 2.45) is 5.92 Å². The normalized spacial score (nSPS) is 24.2. The molecule has 0 bridgehead atoms. The number of nitrogens with zero attached hydrogens (tertiary/aromatic N) is 2. The highest BCUT2D eigenvalue weighted by molar-refractivity contribution is 7.09. The number of amides is 4. The molecule has 1 N–H and O–H groups in total. The average Bonchev–Trinajstić information content (AvgIpc) is 3.42. The van der Waals surface area contributed by atoms with Gasteiger partial charge in [-0.05, 0) is 42.3 Å². The highest BCUT2D eigenvalue weighted by atomic mass is 32.1. The van der Waals surface area contributed by atoms with Crippen LogP contribution in [0, 0.1) is 5.92 Å². The maximum atomic E-state index is 13.5. The Bertz CT molecular complexity index is 1070. The summed E-state index contributed by atoms with van der Waals surface area (Å²) < 4.78 is 11.3. The second-order valence-electron chi connectivity index (χ2n) is 8.83. The van der Waals surface area contributed by atoms with E-state index >= 15 is 0 Å². The second-order valence-corrected chi connectivity index (χ2v) is 9.86. The molecular formula is C24H27N3O5S. The predicted octanol–water partition coefficient (Wildman–Crippen LogP) is 3.55. The third kappa shape index (κ3) is 3.94. The van der Waals surface area contributed by atoms with Crippen LogP contribution in [0.4, 0.5) is 10.5 Å². The maximum Gasteiger partial charge on any atom is 0.325 e. The third-order valence-electron chi connectivity index (χ3n) is 6.83. The molecule has 3 heterocycles. The Balaban J connectivity index is 1.40. The van der Waals surface area contributed by atoms with Gasteiger partial charge in [-0.2, -0.15) is 0 Å². The Labute approximate surface area is 196 Å². The zero-order valence-electron chi connectivity index (χ0n) is 18.5. The predicted molar refractivity (Wildman–Crippen MR) is 124 cm³/mol. The number of carbonyl (C=O) groups excluding carboxylic acids is 3. The summed E-state index contributed by atoms with van der Waals surface area (Å²) in [4.78, 5) is 43.3. The van der Waals surface area contributed by atoms with Gasteiger partial charge in [-0.3, -0.25) is 14.5 Å². The second kappa shape index (κ2) is 8.70. The molecule has 0 radical (unpaired) electrons. The van der Waals surface area contributed by atoms with Gasteiger partial charge in [0.25, 0.3) is 5.91 Å². The van der Waals surface area contributed by atoms with Crippen LogP contribution in [0.2, 0.25) is 0 Å². The molecule has 4 amide bonds. The van der Waals surface area contributed by atoms with Gasteiger partial charge in [0.1, 0.15) is 25.3 Å². The Kier molecular flexibility index (Phi) is 5.74. The number of thiophene rings is 1. The van der Waals surface area contributed by atoms with Gasteiger partial charge in [-0.15, -0.1) is 11.3 Å². The number of benzene rings is 1. The lowest BCUT2D eigenvalue weighted by Gasteiger charge is -2.36. The molecule has 2 aliphatic heterocycles. The summed E-state index contributed by atoms with van der Waals surface area (Å²) in [6.45, 7) is 2.95. The van der Waals surface area contributed by atoms with Crippen LogP contribution in [0.1, 0.15) is 37.5 Å². The first-order valence-electron chi connectivity index (χ1n) is 11.3. The van der Waals surface area contributed by atoms with E-state index in [0.29, 0.717) is 43.4 Å². The molecule has 174 valence electrons. The van der Waals surface area contributed by atoms with Gasteiger partial charge in [-0.1, -0.05) is 25.8 Å². The van der Waals surface area contributed by atoms with Crippen LogP contribution in [0.25, 0.3) is 0 Å². The monoisotopic (exact) mass is 469 g/mol. The smallest absolute Gasteiger partial charge is 0.325 e. The minimum Gasteiger partial charge on any atom is -0.486 e. The molecule has 1 saturated heterocycles. The largest absolute Gasteiger partial charge is 0.486 e. The lowest BCUT2D eigenvalue weighted by Crippen LogP contribution is -2.54. The highest BCUT2D eigenvalue weighted by Gasteiger charge is 2.55. The molecule has 2 atom stereocenters. The Morgan fingerprint density at radius 1 is 1.21 bits per heavy atom. The van der Waals surface area contributed by atoms with Gasteiger partial charge >= 0.3 is 6.03 Å². The number of ether oxygens (including phenoxy) is 2. The molecule has 1 aromatic heterocycles. The fourth-order valence-corrected chi connectivity index (χ4v) is 5.63. The van der Waals surface area contributed by atoms with Gasteiger partial charge in [-0.25, -0.2) is 4.79 Å². The van der Waals surface area contributed by atoms with Crippen molar-refractivity contribution in [3.63, 3.8) is 0 Å². The molecule has 5 rings (SSSR count). The lowest BCUT2D eigenvalue weighted by molar-refractivity contribution is -0.136. The average molecular weight is 470 g/mol. The molecule has 9 heteroatoms. The molecule has 1 aliphatic carbocycles. The van der Waals surface area contributed by atoms with E-state index in [0.717, 1.165) is 29.0 Å². The molecule has 0 unspecified atom stereocenters. The van der Waals surface area contributed by atoms with Crippen molar-refractivity contribution in [2.45, 2.75) is 44.7 Å². The molecule has 3 aliphatic rings. The fraction of sp³-hybridized carbons (Fsp3) is 0.458. The number of nitrogens with one attached hydrogen (secondary N) is 1. The quantitative estimate of drug-likeness (QED) is 0.677. The van der Waals surface area contributed by atoms with Gasteiger partial charge in [0.05, 0.1) is 6.54 Å². The highest BCUT2D eigenvalue weighted by Crippen LogP contribution is 2.39. The standard InChI is InChI=1S/C24H27N3O5S/c1-16-5-2-3-9-24(16)22(29)27(23(30)25-24)15-21(28)26(14-18-6-4-12-33-18)17-7-8-19-20(13-17)32-11-10-31-19/h4,6-8,12-13,16H,2-3,5,9-11,14-15H2,1H3,(H,25,30)/t16-,24+/m1/s1. The Morgan fingerprint density at radius 3 is 2.79 bits per heavy atom. The number of rotatable bonds is 5. The van der Waals surface area contributed by atoms with Crippen LogP contribution in [0.5, 0.6) is 11.5 Å². The zero-order chi connectivity index (χ0) is 23.0. The van der Waals surface area contributed by atoms with Crippen molar-refractivity contribution in [2.75, 3.05) is 24.7 Å². The van der Waals surface area contributed by atoms with Gasteiger partial charge < -0.3 is 19.7 Å². The number of carbonyl (C=O) groups is 3. The van der Waals surface area contributed by atoms with Crippen LogP contribution in [-0.2, 0) is 16.1 Å². The van der Waals surface area contributed by atoms with Crippen molar-refractivity contribution < 1.29 is 23.9 Å². The number of anilines is 1. The van der Waals surface area contributed by atoms with Gasteiger partial charge in [0.15, 0.2) is 11.5 Å². The number of hydrogen-bond donors (Lipinski definition) is 1. The first-order chi connectivity index (χ1) is 16.0. The molecule has 1 aromatic carbocycles. The Hall–Kier alpha value is -3.07. The van der Waals surface area contributed by atoms with E-state index in [1.54, 1.807) is 34.4 Å². The summed E-state index contributed by atoms with van der Waals surface area (Å²) in [6.07, 6.45) is 3.43. The van der Waals surface area contributed by atoms with Crippen LogP contribution in [0.3, 0.4) is 0 Å². The summed E-state index contributed by atoms with van der Waals surface area (Å²) in [5.74, 6) is 0.641. The summed E-state index contributed by atoms with van der Waals surface area (Å²) >= 11 is 1.54. The molecule has 2 aromatic rings. The topological polar surface area (TPSA) is 88.2 Å². The Morgan fingerprint density at radius 2 is 2.03 bits per heavy atom. The van der Waals surface area contributed by atoms with Gasteiger partial charge in [0.2, 0.25) is 5.91 Å². The van der Waals surface area contributed by atoms with Crippen LogP contribution >= 0.6 is 11.3 Å². The van der Waals surface area contributed by atoms with E-state index in [1.165, 1.54) is 0 Å². The van der Waals surface area contributed by atoms with Crippen LogP contribution < -0.4 is 19.7 Å². The van der Waals surface area contributed by atoms with E-state index in [1.807, 2.05) is 24.4 Å². The third-order valence-corrected chi connectivity index (χ3v) is 7.69. The number of hydrogen-bond acceptors (Lipinski definition) is 6. The van der Waals surface area contributed by atoms with Crippen LogP contribution in [0.15, 0.2) is 35.7 Å².